The van der Waals surface area contributed by atoms with Crippen molar-refractivity contribution in [1.29, 1.82) is 0 Å². The van der Waals surface area contributed by atoms with E-state index in [-0.39, 0.29) is 11.2 Å². The van der Waals surface area contributed by atoms with Gasteiger partial charge in [0, 0.05) is 12.0 Å². The van der Waals surface area contributed by atoms with E-state index in [2.05, 4.69) is 15.5 Å². The Labute approximate surface area is 122 Å². The molecule has 20 heavy (non-hydrogen) atoms. The first kappa shape index (κ1) is 13.7. The zero-order valence-corrected chi connectivity index (χ0v) is 12.5. The molecule has 2 aliphatic carbocycles. The first-order valence-corrected chi connectivity index (χ1v) is 8.20. The van der Waals surface area contributed by atoms with Crippen molar-refractivity contribution in [2.75, 3.05) is 5.84 Å². The molecule has 2 saturated carbocycles. The fraction of sp³-hybridized carbons (Fsp3) is 0.769. The van der Waals surface area contributed by atoms with Crippen LogP contribution in [-0.2, 0) is 4.79 Å². The van der Waals surface area contributed by atoms with Crippen molar-refractivity contribution in [2.45, 2.75) is 67.8 Å². The second-order valence-corrected chi connectivity index (χ2v) is 7.04. The smallest absolute Gasteiger partial charge is 0.233 e. The molecule has 1 atom stereocenters. The van der Waals surface area contributed by atoms with E-state index < -0.39 is 0 Å². The van der Waals surface area contributed by atoms with Crippen LogP contribution in [-0.4, -0.2) is 32.1 Å². The molecule has 6 nitrogen and oxygen atoms in total. The fourth-order valence-electron chi connectivity index (χ4n) is 2.59. The quantitative estimate of drug-likeness (QED) is 0.633. The first-order valence-electron chi connectivity index (χ1n) is 7.32. The predicted molar refractivity (Wildman–Crippen MR) is 77.9 cm³/mol. The molecule has 7 heteroatoms. The number of carbonyl (C=O) groups is 1. The minimum absolute atomic E-state index is 0.0675. The normalized spacial score (nSPS) is 21.1. The molecule has 110 valence electrons. The molecule has 2 fully saturated rings. The zero-order chi connectivity index (χ0) is 14.1. The van der Waals surface area contributed by atoms with Gasteiger partial charge in [0.1, 0.15) is 0 Å². The van der Waals surface area contributed by atoms with Crippen LogP contribution < -0.4 is 11.2 Å². The van der Waals surface area contributed by atoms with Gasteiger partial charge in [0.05, 0.1) is 5.25 Å². The summed E-state index contributed by atoms with van der Waals surface area (Å²) < 4.78 is 1.54. The molecule has 0 radical (unpaired) electrons. The standard InChI is InChI=1S/C13H21N5OS/c1-8(12(19)15-10-4-2-3-5-10)20-13-17-16-11(18(13)14)9-6-7-9/h8-10H,2-7,14H2,1H3,(H,15,19)/t8-/m0/s1. The topological polar surface area (TPSA) is 85.8 Å². The summed E-state index contributed by atoms with van der Waals surface area (Å²) in [7, 11) is 0. The number of aromatic nitrogens is 3. The van der Waals surface area contributed by atoms with E-state index in [1.165, 1.54) is 24.6 Å². The van der Waals surface area contributed by atoms with E-state index in [1.54, 1.807) is 4.68 Å². The van der Waals surface area contributed by atoms with E-state index in [9.17, 15) is 4.79 Å². The highest BCUT2D eigenvalue weighted by Gasteiger charge is 2.31. The number of nitrogens with one attached hydrogen (secondary N) is 1. The van der Waals surface area contributed by atoms with Gasteiger partial charge in [0.25, 0.3) is 0 Å². The molecule has 3 N–H and O–H groups in total. The third-order valence-electron chi connectivity index (χ3n) is 3.99. The molecule has 0 spiro atoms. The number of nitrogens with zero attached hydrogens (tertiary/aromatic N) is 3. The number of hydrogen-bond donors (Lipinski definition) is 2. The molecule has 3 rings (SSSR count). The monoisotopic (exact) mass is 295 g/mol. The highest BCUT2D eigenvalue weighted by Crippen LogP contribution is 2.39. The Hall–Kier alpha value is -1.24. The zero-order valence-electron chi connectivity index (χ0n) is 11.7. The maximum absolute atomic E-state index is 12.1. The van der Waals surface area contributed by atoms with Gasteiger partial charge in [-0.05, 0) is 32.6 Å². The van der Waals surface area contributed by atoms with Gasteiger partial charge >= 0.3 is 0 Å². The number of rotatable bonds is 5. The van der Waals surface area contributed by atoms with Crippen LogP contribution in [0, 0.1) is 0 Å². The van der Waals surface area contributed by atoms with Gasteiger partial charge in [0.15, 0.2) is 5.82 Å². The van der Waals surface area contributed by atoms with Crippen LogP contribution >= 0.6 is 11.8 Å². The van der Waals surface area contributed by atoms with Crippen molar-refractivity contribution in [3.05, 3.63) is 5.82 Å². The van der Waals surface area contributed by atoms with Gasteiger partial charge in [0.2, 0.25) is 11.1 Å². The van der Waals surface area contributed by atoms with Gasteiger partial charge in [-0.3, -0.25) is 4.79 Å². The second-order valence-electron chi connectivity index (χ2n) is 5.74. The van der Waals surface area contributed by atoms with Crippen LogP contribution in [0.3, 0.4) is 0 Å². The van der Waals surface area contributed by atoms with E-state index in [0.29, 0.717) is 17.1 Å². The summed E-state index contributed by atoms with van der Waals surface area (Å²) >= 11 is 1.38. The molecule has 0 bridgehead atoms. The largest absolute Gasteiger partial charge is 0.352 e. The summed E-state index contributed by atoms with van der Waals surface area (Å²) in [6, 6.07) is 0.350. The van der Waals surface area contributed by atoms with Crippen molar-refractivity contribution in [3.8, 4) is 0 Å². The Morgan fingerprint density at radius 1 is 1.35 bits per heavy atom. The molecule has 1 aromatic rings. The molecule has 2 aliphatic rings. The van der Waals surface area contributed by atoms with Gasteiger partial charge in [-0.15, -0.1) is 10.2 Å². The van der Waals surface area contributed by atoms with E-state index >= 15 is 0 Å². The van der Waals surface area contributed by atoms with Crippen molar-refractivity contribution in [3.63, 3.8) is 0 Å². The maximum Gasteiger partial charge on any atom is 0.233 e. The van der Waals surface area contributed by atoms with Gasteiger partial charge in [-0.2, -0.15) is 0 Å². The summed E-state index contributed by atoms with van der Waals surface area (Å²) in [6.45, 7) is 1.89. The van der Waals surface area contributed by atoms with Gasteiger partial charge < -0.3 is 11.2 Å². The van der Waals surface area contributed by atoms with Gasteiger partial charge in [-0.25, -0.2) is 4.68 Å². The van der Waals surface area contributed by atoms with Gasteiger partial charge in [-0.1, -0.05) is 24.6 Å². The lowest BCUT2D eigenvalue weighted by atomic mass is 10.2. The van der Waals surface area contributed by atoms with Crippen LogP contribution in [0.25, 0.3) is 0 Å². The molecular weight excluding hydrogens is 274 g/mol. The summed E-state index contributed by atoms with van der Waals surface area (Å²) in [5.74, 6) is 7.37. The lowest BCUT2D eigenvalue weighted by Gasteiger charge is -2.15. The average molecular weight is 295 g/mol. The number of hydrogen-bond acceptors (Lipinski definition) is 5. The van der Waals surface area contributed by atoms with Crippen molar-refractivity contribution in [2.24, 2.45) is 0 Å². The van der Waals surface area contributed by atoms with E-state index in [4.69, 9.17) is 5.84 Å². The highest BCUT2D eigenvalue weighted by atomic mass is 32.2. The number of amides is 1. The number of nitrogens with two attached hydrogens (primary N) is 1. The third-order valence-corrected chi connectivity index (χ3v) is 5.04. The summed E-state index contributed by atoms with van der Waals surface area (Å²) in [5, 5.41) is 11.8. The Morgan fingerprint density at radius 2 is 2.05 bits per heavy atom. The van der Waals surface area contributed by atoms with Crippen molar-refractivity contribution >= 4 is 17.7 Å². The lowest BCUT2D eigenvalue weighted by molar-refractivity contribution is -0.120. The van der Waals surface area contributed by atoms with Crippen LogP contribution in [0.2, 0.25) is 0 Å². The van der Waals surface area contributed by atoms with Crippen LogP contribution in [0.1, 0.15) is 57.2 Å². The fourth-order valence-corrected chi connectivity index (χ4v) is 3.38. The molecule has 1 amide bonds. The molecular formula is C13H21N5OS. The molecule has 0 unspecified atom stereocenters. The lowest BCUT2D eigenvalue weighted by Crippen LogP contribution is -2.37. The third kappa shape index (κ3) is 2.92. The first-order chi connectivity index (χ1) is 9.65. The number of nitrogen functional groups attached to an aromatic ring is 1. The highest BCUT2D eigenvalue weighted by molar-refractivity contribution is 8.00. The molecule has 0 aromatic carbocycles. The molecule has 1 aromatic heterocycles. The second kappa shape index (κ2) is 5.63. The van der Waals surface area contributed by atoms with Crippen LogP contribution in [0.5, 0.6) is 0 Å². The SMILES string of the molecule is C[C@H](Sc1nnc(C2CC2)n1N)C(=O)NC1CCCC1. The van der Waals surface area contributed by atoms with Crippen molar-refractivity contribution in [1.82, 2.24) is 20.2 Å². The summed E-state index contributed by atoms with van der Waals surface area (Å²) in [5.41, 5.74) is 0. The molecule has 1 heterocycles. The van der Waals surface area contributed by atoms with Crippen LogP contribution in [0.4, 0.5) is 0 Å². The minimum atomic E-state index is -0.200. The summed E-state index contributed by atoms with van der Waals surface area (Å²) in [4.78, 5) is 12.1. The Kier molecular flexibility index (Phi) is 3.87. The molecule has 0 saturated heterocycles. The number of thioether (sulfide) groups is 1. The minimum Gasteiger partial charge on any atom is -0.352 e. The molecule has 0 aliphatic heterocycles. The number of carbonyl (C=O) groups excluding carboxylic acids is 1. The Balaban J connectivity index is 1.57. The van der Waals surface area contributed by atoms with Crippen molar-refractivity contribution < 1.29 is 4.79 Å². The Bertz CT molecular complexity index is 493. The summed E-state index contributed by atoms with van der Waals surface area (Å²) in [6.07, 6.45) is 6.90. The van der Waals surface area contributed by atoms with Crippen LogP contribution in [0.15, 0.2) is 5.16 Å². The predicted octanol–water partition coefficient (Wildman–Crippen LogP) is 1.41. The maximum atomic E-state index is 12.1. The average Bonchev–Trinajstić information content (AvgIpc) is 3.02. The van der Waals surface area contributed by atoms with E-state index in [0.717, 1.165) is 31.5 Å². The van der Waals surface area contributed by atoms with E-state index in [1.807, 2.05) is 6.92 Å². The Morgan fingerprint density at radius 3 is 2.70 bits per heavy atom.